The number of hydrogen-bond acceptors (Lipinski definition) is 3. The summed E-state index contributed by atoms with van der Waals surface area (Å²) < 4.78 is 5.79. The number of nitrogens with zero attached hydrogens (tertiary/aromatic N) is 1. The molecule has 1 aromatic carbocycles. The Morgan fingerprint density at radius 3 is 2.70 bits per heavy atom. The van der Waals surface area contributed by atoms with Crippen LogP contribution in [-0.4, -0.2) is 28.7 Å². The first-order valence-electron chi connectivity index (χ1n) is 8.66. The highest BCUT2D eigenvalue weighted by Gasteiger charge is 2.55. The third-order valence-corrected chi connectivity index (χ3v) is 5.84. The average Bonchev–Trinajstić information content (AvgIpc) is 3.23. The van der Waals surface area contributed by atoms with E-state index >= 15 is 0 Å². The van der Waals surface area contributed by atoms with E-state index in [0.29, 0.717) is 12.1 Å². The molecule has 1 aromatic heterocycles. The topological polar surface area (TPSA) is 36.6 Å². The van der Waals surface area contributed by atoms with Gasteiger partial charge in [0.25, 0.3) is 0 Å². The molecule has 0 aliphatic carbocycles. The molecule has 2 aliphatic heterocycles. The molecule has 2 bridgehead atoms. The fraction of sp³-hybridized carbons (Fsp3) is 0.500. The zero-order chi connectivity index (χ0) is 15.9. The van der Waals surface area contributed by atoms with Crippen LogP contribution in [0.2, 0.25) is 0 Å². The first-order valence-corrected chi connectivity index (χ1v) is 8.66. The molecular weight excluding hydrogens is 286 g/mol. The van der Waals surface area contributed by atoms with Gasteiger partial charge in [-0.1, -0.05) is 30.3 Å². The maximum atomic E-state index is 10.2. The molecular formula is C20H25NO2. The molecule has 3 heterocycles. The van der Waals surface area contributed by atoms with Crippen molar-refractivity contribution in [3.8, 4) is 0 Å². The number of aliphatic hydroxyl groups is 1. The predicted octanol–water partition coefficient (Wildman–Crippen LogP) is 3.55. The van der Waals surface area contributed by atoms with Gasteiger partial charge in [0.15, 0.2) is 0 Å². The molecule has 2 aliphatic rings. The standard InChI is InChI=1S/C20H25NO2/c1-15-7-9-18(23-15)13-21-17-8-10-19(21)20(12-17,14-22)11-16-5-3-2-4-6-16/h2-7,9,17,19,22H,8,10-14H2,1H3/t17-,19+,20-/m0/s1. The van der Waals surface area contributed by atoms with Crippen molar-refractivity contribution in [2.75, 3.05) is 6.61 Å². The van der Waals surface area contributed by atoms with Crippen LogP contribution in [0.5, 0.6) is 0 Å². The maximum Gasteiger partial charge on any atom is 0.118 e. The van der Waals surface area contributed by atoms with Gasteiger partial charge in [-0.3, -0.25) is 4.90 Å². The Kier molecular flexibility index (Phi) is 3.78. The zero-order valence-corrected chi connectivity index (χ0v) is 13.7. The predicted molar refractivity (Wildman–Crippen MR) is 90.1 cm³/mol. The maximum absolute atomic E-state index is 10.2. The highest BCUT2D eigenvalue weighted by atomic mass is 16.3. The molecule has 0 unspecified atom stereocenters. The third-order valence-electron chi connectivity index (χ3n) is 5.84. The summed E-state index contributed by atoms with van der Waals surface area (Å²) in [4.78, 5) is 2.58. The lowest BCUT2D eigenvalue weighted by molar-refractivity contribution is 0.0733. The number of fused-ring (bicyclic) bond motifs is 2. The minimum atomic E-state index is 0.00586. The molecule has 0 amide bonds. The van der Waals surface area contributed by atoms with Crippen LogP contribution >= 0.6 is 0 Å². The second kappa shape index (κ2) is 5.81. The van der Waals surface area contributed by atoms with Crippen LogP contribution in [0.15, 0.2) is 46.9 Å². The van der Waals surface area contributed by atoms with E-state index in [2.05, 4.69) is 41.3 Å². The SMILES string of the molecule is Cc1ccc(CN2[C@H]3CC[C@@H]2[C@@](CO)(Cc2ccccc2)C3)o1. The van der Waals surface area contributed by atoms with Gasteiger partial charge in [-0.05, 0) is 50.3 Å². The highest BCUT2D eigenvalue weighted by Crippen LogP contribution is 2.51. The van der Waals surface area contributed by atoms with E-state index in [1.165, 1.54) is 18.4 Å². The smallest absolute Gasteiger partial charge is 0.118 e. The molecule has 122 valence electrons. The number of aryl methyl sites for hydroxylation is 1. The van der Waals surface area contributed by atoms with Crippen LogP contribution in [0.4, 0.5) is 0 Å². The molecule has 0 spiro atoms. The zero-order valence-electron chi connectivity index (χ0n) is 13.7. The summed E-state index contributed by atoms with van der Waals surface area (Å²) in [5.41, 5.74) is 1.34. The summed E-state index contributed by atoms with van der Waals surface area (Å²) in [6, 6.07) is 15.8. The van der Waals surface area contributed by atoms with Crippen LogP contribution in [0.1, 0.15) is 36.3 Å². The van der Waals surface area contributed by atoms with E-state index in [1.54, 1.807) is 0 Å². The van der Waals surface area contributed by atoms with Crippen molar-refractivity contribution in [1.82, 2.24) is 4.90 Å². The first-order chi connectivity index (χ1) is 11.2. The summed E-state index contributed by atoms with van der Waals surface area (Å²) >= 11 is 0. The van der Waals surface area contributed by atoms with Gasteiger partial charge >= 0.3 is 0 Å². The normalized spacial score (nSPS) is 30.2. The van der Waals surface area contributed by atoms with Crippen molar-refractivity contribution < 1.29 is 9.52 Å². The summed E-state index contributed by atoms with van der Waals surface area (Å²) in [5.74, 6) is 2.03. The number of hydrogen-bond donors (Lipinski definition) is 1. The molecule has 2 fully saturated rings. The van der Waals surface area contributed by atoms with Crippen LogP contribution in [-0.2, 0) is 13.0 Å². The summed E-state index contributed by atoms with van der Waals surface area (Å²) in [6.07, 6.45) is 4.51. The Bertz CT molecular complexity index is 665. The number of rotatable bonds is 5. The van der Waals surface area contributed by atoms with Crippen molar-refractivity contribution >= 4 is 0 Å². The van der Waals surface area contributed by atoms with Gasteiger partial charge in [0.05, 0.1) is 13.2 Å². The Morgan fingerprint density at radius 2 is 2.00 bits per heavy atom. The van der Waals surface area contributed by atoms with Gasteiger partial charge in [0.2, 0.25) is 0 Å². The fourth-order valence-corrected chi connectivity index (χ4v) is 4.83. The Labute approximate surface area is 137 Å². The minimum absolute atomic E-state index is 0.00586. The van der Waals surface area contributed by atoms with Crippen molar-refractivity contribution in [1.29, 1.82) is 0 Å². The van der Waals surface area contributed by atoms with Gasteiger partial charge in [-0.25, -0.2) is 0 Å². The van der Waals surface area contributed by atoms with Crippen molar-refractivity contribution in [3.63, 3.8) is 0 Å². The summed E-state index contributed by atoms with van der Waals surface area (Å²) in [6.45, 7) is 3.14. The second-order valence-electron chi connectivity index (χ2n) is 7.32. The van der Waals surface area contributed by atoms with E-state index in [0.717, 1.165) is 30.9 Å². The van der Waals surface area contributed by atoms with E-state index in [9.17, 15) is 5.11 Å². The molecule has 23 heavy (non-hydrogen) atoms. The molecule has 3 heteroatoms. The monoisotopic (exact) mass is 311 g/mol. The van der Waals surface area contributed by atoms with Crippen molar-refractivity contribution in [2.24, 2.45) is 5.41 Å². The Hall–Kier alpha value is -1.58. The molecule has 2 aromatic rings. The second-order valence-corrected chi connectivity index (χ2v) is 7.32. The van der Waals surface area contributed by atoms with Crippen molar-refractivity contribution in [2.45, 2.75) is 51.2 Å². The van der Waals surface area contributed by atoms with Crippen LogP contribution in [0.25, 0.3) is 0 Å². The lowest BCUT2D eigenvalue weighted by Gasteiger charge is -2.36. The van der Waals surface area contributed by atoms with Gasteiger partial charge in [-0.15, -0.1) is 0 Å². The van der Waals surface area contributed by atoms with Gasteiger partial charge in [0.1, 0.15) is 11.5 Å². The third kappa shape index (κ3) is 2.62. The molecule has 0 saturated carbocycles. The van der Waals surface area contributed by atoms with Crippen LogP contribution in [0, 0.1) is 12.3 Å². The molecule has 0 radical (unpaired) electrons. The highest BCUT2D eigenvalue weighted by molar-refractivity contribution is 5.21. The van der Waals surface area contributed by atoms with Gasteiger partial charge in [0, 0.05) is 17.5 Å². The molecule has 4 rings (SSSR count). The van der Waals surface area contributed by atoms with Crippen molar-refractivity contribution in [3.05, 3.63) is 59.5 Å². The van der Waals surface area contributed by atoms with E-state index < -0.39 is 0 Å². The largest absolute Gasteiger partial charge is 0.465 e. The van der Waals surface area contributed by atoms with E-state index in [-0.39, 0.29) is 12.0 Å². The Balaban J connectivity index is 1.56. The lowest BCUT2D eigenvalue weighted by Crippen LogP contribution is -2.41. The summed E-state index contributed by atoms with van der Waals surface area (Å²) in [7, 11) is 0. The number of furan rings is 1. The van der Waals surface area contributed by atoms with Crippen LogP contribution in [0.3, 0.4) is 0 Å². The van der Waals surface area contributed by atoms with E-state index in [1.807, 2.05) is 13.0 Å². The van der Waals surface area contributed by atoms with E-state index in [4.69, 9.17) is 4.42 Å². The van der Waals surface area contributed by atoms with Gasteiger partial charge in [-0.2, -0.15) is 0 Å². The average molecular weight is 311 g/mol. The lowest BCUT2D eigenvalue weighted by atomic mass is 9.70. The molecule has 3 atom stereocenters. The number of benzene rings is 1. The molecule has 3 nitrogen and oxygen atoms in total. The Morgan fingerprint density at radius 1 is 1.17 bits per heavy atom. The quantitative estimate of drug-likeness (QED) is 0.917. The minimum Gasteiger partial charge on any atom is -0.465 e. The molecule has 2 saturated heterocycles. The van der Waals surface area contributed by atoms with Gasteiger partial charge < -0.3 is 9.52 Å². The van der Waals surface area contributed by atoms with Crippen LogP contribution < -0.4 is 0 Å². The molecule has 1 N–H and O–H groups in total. The first kappa shape index (κ1) is 15.0. The fourth-order valence-electron chi connectivity index (χ4n) is 4.83. The number of aliphatic hydroxyl groups excluding tert-OH is 1. The summed E-state index contributed by atoms with van der Waals surface area (Å²) in [5, 5.41) is 10.2.